The average molecular weight is 275 g/mol. The minimum absolute atomic E-state index is 0.201. The number of ether oxygens (including phenoxy) is 1. The average Bonchev–Trinajstić information content (AvgIpc) is 2.45. The highest BCUT2D eigenvalue weighted by atomic mass is 32.1. The van der Waals surface area contributed by atoms with Gasteiger partial charge in [-0.25, -0.2) is 0 Å². The van der Waals surface area contributed by atoms with E-state index in [-0.39, 0.29) is 5.75 Å². The SMILES string of the molecule is COc1ccc(CCn2ccc(=S)c(O)c2C)cc1. The Bertz CT molecular complexity index is 617. The first-order chi connectivity index (χ1) is 9.11. The van der Waals surface area contributed by atoms with E-state index in [1.807, 2.05) is 29.8 Å². The van der Waals surface area contributed by atoms with E-state index >= 15 is 0 Å². The molecule has 1 aromatic carbocycles. The van der Waals surface area contributed by atoms with Crippen LogP contribution in [0.3, 0.4) is 0 Å². The first-order valence-electron chi connectivity index (χ1n) is 6.14. The number of aromatic nitrogens is 1. The van der Waals surface area contributed by atoms with Gasteiger partial charge in [0.15, 0.2) is 5.75 Å². The summed E-state index contributed by atoms with van der Waals surface area (Å²) in [7, 11) is 1.66. The maximum Gasteiger partial charge on any atom is 0.152 e. The summed E-state index contributed by atoms with van der Waals surface area (Å²) in [5, 5.41) is 9.81. The topological polar surface area (TPSA) is 34.4 Å². The molecule has 0 saturated heterocycles. The smallest absolute Gasteiger partial charge is 0.152 e. The van der Waals surface area contributed by atoms with Crippen LogP contribution in [0.25, 0.3) is 0 Å². The van der Waals surface area contributed by atoms with Crippen LogP contribution in [0.15, 0.2) is 36.5 Å². The summed E-state index contributed by atoms with van der Waals surface area (Å²) in [6.07, 6.45) is 2.81. The van der Waals surface area contributed by atoms with Gasteiger partial charge in [0.25, 0.3) is 0 Å². The number of pyridine rings is 1. The molecule has 0 aliphatic rings. The molecule has 1 heterocycles. The van der Waals surface area contributed by atoms with Gasteiger partial charge in [-0.3, -0.25) is 0 Å². The van der Waals surface area contributed by atoms with Crippen molar-refractivity contribution in [3.8, 4) is 11.5 Å². The third-order valence-electron chi connectivity index (χ3n) is 3.21. The van der Waals surface area contributed by atoms with Crippen LogP contribution in [0.2, 0.25) is 0 Å². The molecule has 0 radical (unpaired) electrons. The second kappa shape index (κ2) is 5.89. The minimum Gasteiger partial charge on any atom is -0.505 e. The van der Waals surface area contributed by atoms with E-state index in [0.29, 0.717) is 4.51 Å². The summed E-state index contributed by atoms with van der Waals surface area (Å²) in [4.78, 5) is 0. The van der Waals surface area contributed by atoms with Crippen molar-refractivity contribution in [1.82, 2.24) is 4.57 Å². The maximum atomic E-state index is 9.81. The molecule has 0 unspecified atom stereocenters. The van der Waals surface area contributed by atoms with Crippen LogP contribution in [-0.4, -0.2) is 16.8 Å². The molecule has 0 fully saturated rings. The van der Waals surface area contributed by atoms with E-state index in [0.717, 1.165) is 24.4 Å². The van der Waals surface area contributed by atoms with Crippen molar-refractivity contribution in [2.45, 2.75) is 19.9 Å². The summed E-state index contributed by atoms with van der Waals surface area (Å²) in [5.74, 6) is 1.06. The Kier molecular flexibility index (Phi) is 4.22. The number of hydrogen-bond donors (Lipinski definition) is 1. The van der Waals surface area contributed by atoms with E-state index in [2.05, 4.69) is 12.1 Å². The number of benzene rings is 1. The Morgan fingerprint density at radius 3 is 2.53 bits per heavy atom. The standard InChI is InChI=1S/C15H17NO2S/c1-11-15(17)14(19)8-10-16(11)9-7-12-3-5-13(18-2)6-4-12/h3-6,8,10,17H,7,9H2,1-2H3. The van der Waals surface area contributed by atoms with Gasteiger partial charge >= 0.3 is 0 Å². The molecule has 0 amide bonds. The summed E-state index contributed by atoms with van der Waals surface area (Å²) >= 11 is 5.03. The van der Waals surface area contributed by atoms with Crippen molar-refractivity contribution in [3.63, 3.8) is 0 Å². The van der Waals surface area contributed by atoms with Crippen LogP contribution >= 0.6 is 12.2 Å². The van der Waals surface area contributed by atoms with Crippen LogP contribution in [0.1, 0.15) is 11.3 Å². The second-order valence-corrected chi connectivity index (χ2v) is 4.85. The number of aromatic hydroxyl groups is 1. The first-order valence-corrected chi connectivity index (χ1v) is 6.54. The van der Waals surface area contributed by atoms with Crippen molar-refractivity contribution in [2.75, 3.05) is 7.11 Å². The lowest BCUT2D eigenvalue weighted by Crippen LogP contribution is -2.05. The van der Waals surface area contributed by atoms with Gasteiger partial charge in [0.2, 0.25) is 0 Å². The van der Waals surface area contributed by atoms with Gasteiger partial charge in [-0.1, -0.05) is 24.4 Å². The lowest BCUT2D eigenvalue weighted by molar-refractivity contribution is 0.414. The van der Waals surface area contributed by atoms with Crippen molar-refractivity contribution in [2.24, 2.45) is 0 Å². The van der Waals surface area contributed by atoms with E-state index < -0.39 is 0 Å². The van der Waals surface area contributed by atoms with Crippen molar-refractivity contribution < 1.29 is 9.84 Å². The first kappa shape index (κ1) is 13.6. The van der Waals surface area contributed by atoms with Gasteiger partial charge in [-0.15, -0.1) is 0 Å². The lowest BCUT2D eigenvalue weighted by atomic mass is 10.1. The summed E-state index contributed by atoms with van der Waals surface area (Å²) in [6.45, 7) is 2.68. The zero-order valence-corrected chi connectivity index (χ0v) is 11.9. The molecule has 4 heteroatoms. The monoisotopic (exact) mass is 275 g/mol. The van der Waals surface area contributed by atoms with E-state index in [9.17, 15) is 5.11 Å². The highest BCUT2D eigenvalue weighted by Crippen LogP contribution is 2.18. The molecule has 2 aromatic rings. The molecule has 19 heavy (non-hydrogen) atoms. The fourth-order valence-electron chi connectivity index (χ4n) is 1.95. The van der Waals surface area contributed by atoms with E-state index in [1.54, 1.807) is 13.2 Å². The van der Waals surface area contributed by atoms with Crippen LogP contribution in [0.5, 0.6) is 11.5 Å². The predicted molar refractivity (Wildman–Crippen MR) is 78.4 cm³/mol. The van der Waals surface area contributed by atoms with Gasteiger partial charge in [-0.2, -0.15) is 0 Å². The molecule has 0 aliphatic heterocycles. The molecular weight excluding hydrogens is 258 g/mol. The van der Waals surface area contributed by atoms with Crippen molar-refractivity contribution in [1.29, 1.82) is 0 Å². The molecule has 0 saturated carbocycles. The zero-order chi connectivity index (χ0) is 13.8. The summed E-state index contributed by atoms with van der Waals surface area (Å²) in [6, 6.07) is 9.77. The number of methoxy groups -OCH3 is 1. The van der Waals surface area contributed by atoms with E-state index in [1.165, 1.54) is 5.56 Å². The molecule has 0 bridgehead atoms. The van der Waals surface area contributed by atoms with Gasteiger partial charge in [0.1, 0.15) is 5.75 Å². The zero-order valence-electron chi connectivity index (χ0n) is 11.1. The third kappa shape index (κ3) is 3.15. The Labute approximate surface area is 118 Å². The number of rotatable bonds is 4. The fraction of sp³-hybridized carbons (Fsp3) is 0.267. The minimum atomic E-state index is 0.201. The fourth-order valence-corrected chi connectivity index (χ4v) is 2.16. The highest BCUT2D eigenvalue weighted by Gasteiger charge is 2.03. The van der Waals surface area contributed by atoms with Gasteiger partial charge in [0, 0.05) is 12.7 Å². The molecule has 3 nitrogen and oxygen atoms in total. The Hall–Kier alpha value is -1.81. The van der Waals surface area contributed by atoms with Gasteiger partial charge in [-0.05, 0) is 37.1 Å². The molecule has 0 spiro atoms. The molecule has 1 N–H and O–H groups in total. The normalized spacial score (nSPS) is 10.4. The molecule has 1 aromatic heterocycles. The molecule has 100 valence electrons. The number of nitrogens with zero attached hydrogens (tertiary/aromatic N) is 1. The Morgan fingerprint density at radius 2 is 1.89 bits per heavy atom. The van der Waals surface area contributed by atoms with Crippen LogP contribution in [-0.2, 0) is 13.0 Å². The molecule has 0 aliphatic carbocycles. The largest absolute Gasteiger partial charge is 0.505 e. The third-order valence-corrected chi connectivity index (χ3v) is 3.54. The maximum absolute atomic E-state index is 9.81. The molecular formula is C15H17NO2S. The Morgan fingerprint density at radius 1 is 1.21 bits per heavy atom. The van der Waals surface area contributed by atoms with Gasteiger partial charge < -0.3 is 14.4 Å². The highest BCUT2D eigenvalue weighted by molar-refractivity contribution is 7.71. The van der Waals surface area contributed by atoms with Gasteiger partial charge in [0.05, 0.1) is 17.3 Å². The number of aryl methyl sites for hydroxylation is 2. The van der Waals surface area contributed by atoms with Crippen molar-refractivity contribution in [3.05, 3.63) is 52.3 Å². The Balaban J connectivity index is 2.10. The van der Waals surface area contributed by atoms with Crippen LogP contribution < -0.4 is 4.74 Å². The predicted octanol–water partition coefficient (Wildman–Crippen LogP) is 3.48. The number of hydrogen-bond acceptors (Lipinski definition) is 3. The molecule has 0 atom stereocenters. The molecule has 2 rings (SSSR count). The second-order valence-electron chi connectivity index (χ2n) is 4.41. The van der Waals surface area contributed by atoms with Crippen LogP contribution in [0, 0.1) is 11.4 Å². The van der Waals surface area contributed by atoms with E-state index in [4.69, 9.17) is 17.0 Å². The van der Waals surface area contributed by atoms with Crippen LogP contribution in [0.4, 0.5) is 0 Å². The lowest BCUT2D eigenvalue weighted by Gasteiger charge is -2.12. The quantitative estimate of drug-likeness (QED) is 0.867. The van der Waals surface area contributed by atoms with Crippen molar-refractivity contribution >= 4 is 12.2 Å². The summed E-state index contributed by atoms with van der Waals surface area (Å²) in [5.41, 5.74) is 2.04. The summed E-state index contributed by atoms with van der Waals surface area (Å²) < 4.78 is 7.64.